The Hall–Kier alpha value is -3.81. The first kappa shape index (κ1) is 22.4. The van der Waals surface area contributed by atoms with Crippen LogP contribution in [-0.2, 0) is 25.7 Å². The smallest absolute Gasteiger partial charge is 0.375 e. The standard InChI is InChI=1S/C25H25NO7/c1-30-24(28)17-11-13-26(14-12-17)22(27)16-32-25(29)23-20(15-31-18-7-3-2-4-8-18)19-9-5-6-10-21(19)33-23/h2-10,17H,11-16H2,1H3. The van der Waals surface area contributed by atoms with Crippen LogP contribution in [-0.4, -0.2) is 49.6 Å². The van der Waals surface area contributed by atoms with Crippen molar-refractivity contribution in [3.63, 3.8) is 0 Å². The number of esters is 2. The van der Waals surface area contributed by atoms with Gasteiger partial charge in [0.05, 0.1) is 18.6 Å². The second-order valence-corrected chi connectivity index (χ2v) is 7.76. The molecule has 0 radical (unpaired) electrons. The van der Waals surface area contributed by atoms with Crippen LogP contribution in [0.25, 0.3) is 11.0 Å². The van der Waals surface area contributed by atoms with Gasteiger partial charge in [0.2, 0.25) is 5.76 Å². The number of methoxy groups -OCH3 is 1. The van der Waals surface area contributed by atoms with Gasteiger partial charge in [-0.15, -0.1) is 0 Å². The molecule has 0 atom stereocenters. The molecule has 1 aliphatic rings. The predicted molar refractivity (Wildman–Crippen MR) is 119 cm³/mol. The van der Waals surface area contributed by atoms with E-state index in [1.165, 1.54) is 7.11 Å². The fourth-order valence-electron chi connectivity index (χ4n) is 3.89. The lowest BCUT2D eigenvalue weighted by Crippen LogP contribution is -2.42. The molecule has 1 saturated heterocycles. The molecule has 0 saturated carbocycles. The van der Waals surface area contributed by atoms with Crippen molar-refractivity contribution in [3.05, 3.63) is 65.9 Å². The van der Waals surface area contributed by atoms with Gasteiger partial charge in [-0.25, -0.2) is 4.79 Å². The molecule has 0 unspecified atom stereocenters. The number of piperidine rings is 1. The third kappa shape index (κ3) is 5.16. The maximum absolute atomic E-state index is 12.8. The number of furan rings is 1. The van der Waals surface area contributed by atoms with Gasteiger partial charge in [-0.3, -0.25) is 9.59 Å². The minimum Gasteiger partial charge on any atom is -0.489 e. The largest absolute Gasteiger partial charge is 0.489 e. The Kier molecular flexibility index (Phi) is 6.92. The van der Waals surface area contributed by atoms with E-state index in [0.717, 1.165) is 5.39 Å². The van der Waals surface area contributed by atoms with Crippen molar-refractivity contribution in [3.8, 4) is 5.75 Å². The third-order valence-electron chi connectivity index (χ3n) is 5.72. The predicted octanol–water partition coefficient (Wildman–Crippen LogP) is 3.58. The highest BCUT2D eigenvalue weighted by molar-refractivity contribution is 5.97. The molecule has 8 heteroatoms. The first-order valence-electron chi connectivity index (χ1n) is 10.8. The Labute approximate surface area is 191 Å². The Balaban J connectivity index is 1.40. The monoisotopic (exact) mass is 451 g/mol. The van der Waals surface area contributed by atoms with Crippen molar-refractivity contribution in [1.29, 1.82) is 0 Å². The minimum atomic E-state index is -0.726. The Morgan fingerprint density at radius 1 is 1.00 bits per heavy atom. The highest BCUT2D eigenvalue weighted by Crippen LogP contribution is 2.28. The number of likely N-dealkylation sites (tertiary alicyclic amines) is 1. The fraction of sp³-hybridized carbons (Fsp3) is 0.320. The van der Waals surface area contributed by atoms with E-state index >= 15 is 0 Å². The zero-order valence-corrected chi connectivity index (χ0v) is 18.3. The van der Waals surface area contributed by atoms with Crippen LogP contribution in [0.2, 0.25) is 0 Å². The summed E-state index contributed by atoms with van der Waals surface area (Å²) in [6.07, 6.45) is 1.05. The maximum atomic E-state index is 12.8. The molecule has 0 bridgehead atoms. The molecular formula is C25H25NO7. The Bertz CT molecular complexity index is 1130. The number of amides is 1. The van der Waals surface area contributed by atoms with Gasteiger partial charge in [0.1, 0.15) is 17.9 Å². The average Bonchev–Trinajstić information content (AvgIpc) is 3.24. The Morgan fingerprint density at radius 3 is 2.42 bits per heavy atom. The van der Waals surface area contributed by atoms with E-state index in [9.17, 15) is 14.4 Å². The average molecular weight is 451 g/mol. The van der Waals surface area contributed by atoms with Crippen molar-refractivity contribution in [2.75, 3.05) is 26.8 Å². The van der Waals surface area contributed by atoms with Crippen LogP contribution >= 0.6 is 0 Å². The van der Waals surface area contributed by atoms with Gasteiger partial charge >= 0.3 is 11.9 Å². The second kappa shape index (κ2) is 10.2. The van der Waals surface area contributed by atoms with Gasteiger partial charge in [-0.1, -0.05) is 36.4 Å². The van der Waals surface area contributed by atoms with E-state index in [-0.39, 0.29) is 30.2 Å². The molecule has 1 fully saturated rings. The molecule has 33 heavy (non-hydrogen) atoms. The number of fused-ring (bicyclic) bond motifs is 1. The molecule has 172 valence electrons. The highest BCUT2D eigenvalue weighted by atomic mass is 16.5. The summed E-state index contributed by atoms with van der Waals surface area (Å²) in [6.45, 7) is 0.534. The van der Waals surface area contributed by atoms with Crippen LogP contribution in [0.15, 0.2) is 59.0 Å². The van der Waals surface area contributed by atoms with Gasteiger partial charge in [0.25, 0.3) is 5.91 Å². The van der Waals surface area contributed by atoms with Crippen LogP contribution < -0.4 is 4.74 Å². The van der Waals surface area contributed by atoms with E-state index in [1.54, 1.807) is 11.0 Å². The molecule has 0 spiro atoms. The summed E-state index contributed by atoms with van der Waals surface area (Å²) in [6, 6.07) is 16.5. The van der Waals surface area contributed by atoms with Crippen LogP contribution in [0.1, 0.15) is 29.0 Å². The molecule has 0 N–H and O–H groups in total. The van der Waals surface area contributed by atoms with Crippen LogP contribution in [0.3, 0.4) is 0 Å². The molecule has 0 aliphatic carbocycles. The summed E-state index contributed by atoms with van der Waals surface area (Å²) in [5.74, 6) is -0.828. The number of hydrogen-bond acceptors (Lipinski definition) is 7. The molecular weight excluding hydrogens is 426 g/mol. The van der Waals surface area contributed by atoms with E-state index in [4.69, 9.17) is 18.6 Å². The van der Waals surface area contributed by atoms with Gasteiger partial charge in [-0.05, 0) is 31.0 Å². The molecule has 1 aromatic heterocycles. The summed E-state index contributed by atoms with van der Waals surface area (Å²) < 4.78 is 21.6. The summed E-state index contributed by atoms with van der Waals surface area (Å²) in [5, 5.41) is 0.747. The molecule has 8 nitrogen and oxygen atoms in total. The van der Waals surface area contributed by atoms with E-state index < -0.39 is 12.6 Å². The lowest BCUT2D eigenvalue weighted by Gasteiger charge is -2.30. The third-order valence-corrected chi connectivity index (χ3v) is 5.72. The normalized spacial score (nSPS) is 14.2. The van der Waals surface area contributed by atoms with Crippen molar-refractivity contribution in [2.24, 2.45) is 5.92 Å². The zero-order chi connectivity index (χ0) is 23.2. The van der Waals surface area contributed by atoms with Gasteiger partial charge < -0.3 is 23.5 Å². The lowest BCUT2D eigenvalue weighted by molar-refractivity contribution is -0.149. The van der Waals surface area contributed by atoms with Crippen molar-refractivity contribution < 1.29 is 33.0 Å². The Morgan fingerprint density at radius 2 is 1.70 bits per heavy atom. The van der Waals surface area contributed by atoms with E-state index in [2.05, 4.69) is 0 Å². The topological polar surface area (TPSA) is 95.3 Å². The molecule has 2 aromatic carbocycles. The van der Waals surface area contributed by atoms with Crippen LogP contribution in [0.5, 0.6) is 5.75 Å². The zero-order valence-electron chi connectivity index (χ0n) is 18.3. The van der Waals surface area contributed by atoms with Crippen LogP contribution in [0.4, 0.5) is 0 Å². The fourth-order valence-corrected chi connectivity index (χ4v) is 3.89. The first-order valence-corrected chi connectivity index (χ1v) is 10.8. The summed E-state index contributed by atoms with van der Waals surface area (Å²) in [7, 11) is 1.36. The number of benzene rings is 2. The van der Waals surface area contributed by atoms with E-state index in [0.29, 0.717) is 42.8 Å². The van der Waals surface area contributed by atoms with Gasteiger partial charge in [0.15, 0.2) is 6.61 Å². The molecule has 1 amide bonds. The lowest BCUT2D eigenvalue weighted by atomic mass is 9.97. The number of carbonyl (C=O) groups is 3. The summed E-state index contributed by atoms with van der Waals surface area (Å²) in [5.41, 5.74) is 1.10. The van der Waals surface area contributed by atoms with Crippen molar-refractivity contribution in [1.82, 2.24) is 4.90 Å². The van der Waals surface area contributed by atoms with Gasteiger partial charge in [-0.2, -0.15) is 0 Å². The number of nitrogens with zero attached hydrogens (tertiary/aromatic N) is 1. The van der Waals surface area contributed by atoms with Crippen molar-refractivity contribution >= 4 is 28.8 Å². The second-order valence-electron chi connectivity index (χ2n) is 7.76. The summed E-state index contributed by atoms with van der Waals surface area (Å²) in [4.78, 5) is 38.6. The SMILES string of the molecule is COC(=O)C1CCN(C(=O)COC(=O)c2oc3ccccc3c2COc2ccccc2)CC1. The number of hydrogen-bond donors (Lipinski definition) is 0. The molecule has 2 heterocycles. The van der Waals surface area contributed by atoms with Crippen LogP contribution in [0, 0.1) is 5.92 Å². The maximum Gasteiger partial charge on any atom is 0.375 e. The molecule has 3 aromatic rings. The molecule has 1 aliphatic heterocycles. The van der Waals surface area contributed by atoms with Gasteiger partial charge in [0, 0.05) is 18.5 Å². The number of ether oxygens (including phenoxy) is 3. The molecule has 4 rings (SSSR count). The van der Waals surface area contributed by atoms with Crippen molar-refractivity contribution in [2.45, 2.75) is 19.4 Å². The summed E-state index contributed by atoms with van der Waals surface area (Å²) >= 11 is 0. The highest BCUT2D eigenvalue weighted by Gasteiger charge is 2.29. The number of rotatable bonds is 7. The first-order chi connectivity index (χ1) is 16.1. The number of para-hydroxylation sites is 2. The quantitative estimate of drug-likeness (QED) is 0.507. The number of carbonyl (C=O) groups excluding carboxylic acids is 3. The van der Waals surface area contributed by atoms with E-state index in [1.807, 2.05) is 48.5 Å². The minimum absolute atomic E-state index is 0.0179.